The van der Waals surface area contributed by atoms with E-state index < -0.39 is 0 Å². The molecule has 3 saturated carbocycles. The Labute approximate surface area is 108 Å². The van der Waals surface area contributed by atoms with E-state index >= 15 is 0 Å². The van der Waals surface area contributed by atoms with Gasteiger partial charge in [0, 0.05) is 0 Å². The van der Waals surface area contributed by atoms with Crippen LogP contribution in [-0.4, -0.2) is 0 Å². The summed E-state index contributed by atoms with van der Waals surface area (Å²) < 4.78 is 0. The number of fused-ring (bicyclic) bond motifs is 2. The molecule has 3 aliphatic carbocycles. The Morgan fingerprint density at radius 1 is 1.00 bits per heavy atom. The van der Waals surface area contributed by atoms with Crippen LogP contribution in [-0.2, 0) is 0 Å². The van der Waals surface area contributed by atoms with Gasteiger partial charge in [-0.1, -0.05) is 52.9 Å². The lowest BCUT2D eigenvalue weighted by atomic mass is 9.56. The van der Waals surface area contributed by atoms with Gasteiger partial charge < -0.3 is 0 Å². The topological polar surface area (TPSA) is 0 Å². The van der Waals surface area contributed by atoms with E-state index in [0.717, 1.165) is 17.8 Å². The van der Waals surface area contributed by atoms with Crippen molar-refractivity contribution in [2.45, 2.75) is 78.6 Å². The van der Waals surface area contributed by atoms with Crippen molar-refractivity contribution >= 4 is 0 Å². The molecule has 0 nitrogen and oxygen atoms in total. The van der Waals surface area contributed by atoms with Crippen LogP contribution in [0.2, 0.25) is 0 Å². The molecule has 0 aromatic heterocycles. The summed E-state index contributed by atoms with van der Waals surface area (Å²) in [5.74, 6) is 3.11. The van der Waals surface area contributed by atoms with E-state index in [0.29, 0.717) is 10.8 Å². The van der Waals surface area contributed by atoms with Crippen molar-refractivity contribution in [3.8, 4) is 0 Å². The molecule has 0 amide bonds. The van der Waals surface area contributed by atoms with Gasteiger partial charge in [0.2, 0.25) is 0 Å². The second-order valence-electron chi connectivity index (χ2n) is 7.98. The van der Waals surface area contributed by atoms with Crippen molar-refractivity contribution in [2.75, 3.05) is 0 Å². The standard InChI is InChI=1S/C17H30/c1-13-15-9-10-16(2,12-15)17(13,3)11-14-7-5-4-6-8-14/h13-15H,4-12H2,1-3H3. The molecule has 0 aromatic rings. The van der Waals surface area contributed by atoms with E-state index in [1.54, 1.807) is 6.42 Å². The van der Waals surface area contributed by atoms with Crippen molar-refractivity contribution in [3.05, 3.63) is 0 Å². The van der Waals surface area contributed by atoms with Gasteiger partial charge in [-0.15, -0.1) is 0 Å². The Bertz CT molecular complexity index is 288. The fraction of sp³-hybridized carbons (Fsp3) is 1.00. The maximum absolute atomic E-state index is 2.64. The summed E-state index contributed by atoms with van der Waals surface area (Å²) in [6.07, 6.45) is 13.7. The molecule has 0 saturated heterocycles. The molecule has 0 aliphatic heterocycles. The van der Waals surface area contributed by atoms with Crippen molar-refractivity contribution in [1.82, 2.24) is 0 Å². The zero-order chi connectivity index (χ0) is 12.1. The minimum Gasteiger partial charge on any atom is -0.0617 e. The minimum atomic E-state index is 0.665. The first-order valence-electron chi connectivity index (χ1n) is 8.05. The average molecular weight is 234 g/mol. The summed E-state index contributed by atoms with van der Waals surface area (Å²) in [5.41, 5.74) is 1.35. The first kappa shape index (κ1) is 12.1. The fourth-order valence-corrected chi connectivity index (χ4v) is 5.73. The largest absolute Gasteiger partial charge is 0.0617 e. The Morgan fingerprint density at radius 3 is 2.29 bits per heavy atom. The zero-order valence-electron chi connectivity index (χ0n) is 12.1. The van der Waals surface area contributed by atoms with Crippen LogP contribution in [0.3, 0.4) is 0 Å². The predicted octanol–water partition coefficient (Wildman–Crippen LogP) is 5.42. The molecule has 0 radical (unpaired) electrons. The van der Waals surface area contributed by atoms with Crippen molar-refractivity contribution in [3.63, 3.8) is 0 Å². The quantitative estimate of drug-likeness (QED) is 0.598. The van der Waals surface area contributed by atoms with Crippen molar-refractivity contribution < 1.29 is 0 Å². The maximum atomic E-state index is 2.64. The molecule has 3 aliphatic rings. The van der Waals surface area contributed by atoms with Crippen molar-refractivity contribution in [2.24, 2.45) is 28.6 Å². The lowest BCUT2D eigenvalue weighted by Crippen LogP contribution is -2.40. The van der Waals surface area contributed by atoms with Gasteiger partial charge in [0.05, 0.1) is 0 Å². The number of hydrogen-bond donors (Lipinski definition) is 0. The Morgan fingerprint density at radius 2 is 1.71 bits per heavy atom. The van der Waals surface area contributed by atoms with Crippen LogP contribution in [0.25, 0.3) is 0 Å². The summed E-state index contributed by atoms with van der Waals surface area (Å²) in [5, 5.41) is 0. The highest BCUT2D eigenvalue weighted by Gasteiger charge is 2.60. The van der Waals surface area contributed by atoms with Crippen LogP contribution < -0.4 is 0 Å². The van der Waals surface area contributed by atoms with E-state index in [1.165, 1.54) is 51.4 Å². The van der Waals surface area contributed by atoms with Gasteiger partial charge in [-0.25, -0.2) is 0 Å². The molecule has 0 N–H and O–H groups in total. The second kappa shape index (κ2) is 4.00. The maximum Gasteiger partial charge on any atom is -0.0241 e. The molecular weight excluding hydrogens is 204 g/mol. The van der Waals surface area contributed by atoms with Gasteiger partial charge in [0.25, 0.3) is 0 Å². The van der Waals surface area contributed by atoms with Crippen LogP contribution in [0.5, 0.6) is 0 Å². The summed E-state index contributed by atoms with van der Waals surface area (Å²) in [6, 6.07) is 0. The lowest BCUT2D eigenvalue weighted by Gasteiger charge is -2.48. The van der Waals surface area contributed by atoms with Crippen LogP contribution in [0.15, 0.2) is 0 Å². The van der Waals surface area contributed by atoms with E-state index in [4.69, 9.17) is 0 Å². The SMILES string of the molecule is CC1C2CCC(C)(C2)C1(C)CC1CCCCC1. The Kier molecular flexibility index (Phi) is 2.84. The summed E-state index contributed by atoms with van der Waals surface area (Å²) in [4.78, 5) is 0. The molecule has 0 spiro atoms. The monoisotopic (exact) mass is 234 g/mol. The normalized spacial score (nSPS) is 51.0. The molecular formula is C17H30. The summed E-state index contributed by atoms with van der Waals surface area (Å²) in [6.45, 7) is 7.82. The third kappa shape index (κ3) is 1.70. The van der Waals surface area contributed by atoms with Crippen molar-refractivity contribution in [1.29, 1.82) is 0 Å². The molecule has 17 heavy (non-hydrogen) atoms. The highest BCUT2D eigenvalue weighted by molar-refractivity contribution is 5.09. The van der Waals surface area contributed by atoms with Gasteiger partial charge >= 0.3 is 0 Å². The lowest BCUT2D eigenvalue weighted by molar-refractivity contribution is 0.00837. The molecule has 0 heterocycles. The second-order valence-corrected chi connectivity index (χ2v) is 7.98. The summed E-state index contributed by atoms with van der Waals surface area (Å²) >= 11 is 0. The van der Waals surface area contributed by atoms with Gasteiger partial charge in [-0.2, -0.15) is 0 Å². The Hall–Kier alpha value is 0. The highest BCUT2D eigenvalue weighted by Crippen LogP contribution is 2.69. The first-order chi connectivity index (χ1) is 8.05. The van der Waals surface area contributed by atoms with E-state index in [9.17, 15) is 0 Å². The molecule has 98 valence electrons. The minimum absolute atomic E-state index is 0.665. The average Bonchev–Trinajstić information content (AvgIpc) is 2.79. The molecule has 2 bridgehead atoms. The van der Waals surface area contributed by atoms with Gasteiger partial charge in [0.1, 0.15) is 0 Å². The summed E-state index contributed by atoms with van der Waals surface area (Å²) in [7, 11) is 0. The van der Waals surface area contributed by atoms with Gasteiger partial charge in [-0.3, -0.25) is 0 Å². The van der Waals surface area contributed by atoms with Gasteiger partial charge in [0.15, 0.2) is 0 Å². The molecule has 4 unspecified atom stereocenters. The third-order valence-electron chi connectivity index (χ3n) is 7.31. The van der Waals surface area contributed by atoms with E-state index in [1.807, 2.05) is 0 Å². The predicted molar refractivity (Wildman–Crippen MR) is 73.9 cm³/mol. The molecule has 3 fully saturated rings. The van der Waals surface area contributed by atoms with Crippen LogP contribution >= 0.6 is 0 Å². The highest BCUT2D eigenvalue weighted by atomic mass is 14.6. The molecule has 3 rings (SSSR count). The van der Waals surface area contributed by atoms with Crippen LogP contribution in [0.4, 0.5) is 0 Å². The number of hydrogen-bond acceptors (Lipinski definition) is 0. The van der Waals surface area contributed by atoms with Crippen LogP contribution in [0, 0.1) is 28.6 Å². The third-order valence-corrected chi connectivity index (χ3v) is 7.31. The Balaban J connectivity index is 1.75. The first-order valence-corrected chi connectivity index (χ1v) is 8.05. The van der Waals surface area contributed by atoms with E-state index in [2.05, 4.69) is 20.8 Å². The zero-order valence-corrected chi connectivity index (χ0v) is 12.1. The number of rotatable bonds is 2. The van der Waals surface area contributed by atoms with Gasteiger partial charge in [-0.05, 0) is 54.3 Å². The fourth-order valence-electron chi connectivity index (χ4n) is 5.73. The molecule has 0 aromatic carbocycles. The smallest absolute Gasteiger partial charge is 0.0241 e. The van der Waals surface area contributed by atoms with Crippen LogP contribution in [0.1, 0.15) is 78.6 Å². The molecule has 4 atom stereocenters. The van der Waals surface area contributed by atoms with E-state index in [-0.39, 0.29) is 0 Å². The molecule has 0 heteroatoms.